The molecule has 0 bridgehead atoms. The topological polar surface area (TPSA) is 52.0 Å². The molecule has 0 radical (unpaired) electrons. The van der Waals surface area contributed by atoms with Crippen LogP contribution in [0.25, 0.3) is 0 Å². The molecule has 0 aliphatic rings. The van der Waals surface area contributed by atoms with Crippen molar-refractivity contribution in [3.05, 3.63) is 58.7 Å². The minimum absolute atomic E-state index is 0.686. The Balaban J connectivity index is 2.34. The lowest BCUT2D eigenvalue weighted by Crippen LogP contribution is -2.05. The summed E-state index contributed by atoms with van der Waals surface area (Å²) in [6.07, 6.45) is 3.98. The van der Waals surface area contributed by atoms with Gasteiger partial charge >= 0.3 is 0 Å². The van der Waals surface area contributed by atoms with Crippen molar-refractivity contribution in [2.45, 2.75) is 49.3 Å². The standard InChI is InChI=1S/C20H28N2S/c1-3-15-5-7-19(17(13-15)9-11-21)23-20-8-6-16(4-2)14-18(20)10-12-22/h5-8,13-14H,3-4,9-12,21-22H2,1-2H3. The molecule has 3 heteroatoms. The summed E-state index contributed by atoms with van der Waals surface area (Å²) in [5.74, 6) is 0. The molecule has 0 spiro atoms. The highest BCUT2D eigenvalue weighted by Crippen LogP contribution is 2.34. The largest absolute Gasteiger partial charge is 0.330 e. The summed E-state index contributed by atoms with van der Waals surface area (Å²) >= 11 is 1.85. The smallest absolute Gasteiger partial charge is 0.0155 e. The van der Waals surface area contributed by atoms with Crippen LogP contribution in [0, 0.1) is 0 Å². The first-order valence-electron chi connectivity index (χ1n) is 8.53. The van der Waals surface area contributed by atoms with Gasteiger partial charge in [0.2, 0.25) is 0 Å². The normalized spacial score (nSPS) is 11.0. The highest BCUT2D eigenvalue weighted by molar-refractivity contribution is 7.99. The Bertz CT molecular complexity index is 582. The van der Waals surface area contributed by atoms with Crippen molar-refractivity contribution >= 4 is 11.8 Å². The van der Waals surface area contributed by atoms with Crippen LogP contribution in [0.5, 0.6) is 0 Å². The van der Waals surface area contributed by atoms with Crippen LogP contribution in [-0.2, 0) is 25.7 Å². The number of nitrogens with two attached hydrogens (primary N) is 2. The zero-order chi connectivity index (χ0) is 16.7. The summed E-state index contributed by atoms with van der Waals surface area (Å²) in [5, 5.41) is 0. The van der Waals surface area contributed by atoms with E-state index >= 15 is 0 Å². The number of aryl methyl sites for hydroxylation is 2. The third-order valence-electron chi connectivity index (χ3n) is 4.11. The van der Waals surface area contributed by atoms with Crippen LogP contribution in [0.4, 0.5) is 0 Å². The quantitative estimate of drug-likeness (QED) is 0.771. The molecule has 0 unspecified atom stereocenters. The maximum Gasteiger partial charge on any atom is 0.0155 e. The fourth-order valence-corrected chi connectivity index (χ4v) is 3.82. The lowest BCUT2D eigenvalue weighted by molar-refractivity contribution is 0.929. The van der Waals surface area contributed by atoms with Gasteiger partial charge in [0.1, 0.15) is 0 Å². The average molecular weight is 329 g/mol. The third kappa shape index (κ3) is 4.84. The molecule has 0 saturated carbocycles. The predicted octanol–water partition coefficient (Wildman–Crippen LogP) is 3.97. The van der Waals surface area contributed by atoms with Gasteiger partial charge in [-0.25, -0.2) is 0 Å². The van der Waals surface area contributed by atoms with Crippen LogP contribution in [0.15, 0.2) is 46.2 Å². The van der Waals surface area contributed by atoms with E-state index in [1.807, 2.05) is 11.8 Å². The lowest BCUT2D eigenvalue weighted by Gasteiger charge is -2.14. The molecular weight excluding hydrogens is 300 g/mol. The van der Waals surface area contributed by atoms with Crippen molar-refractivity contribution in [3.8, 4) is 0 Å². The zero-order valence-electron chi connectivity index (χ0n) is 14.3. The molecule has 0 heterocycles. The van der Waals surface area contributed by atoms with E-state index < -0.39 is 0 Å². The van der Waals surface area contributed by atoms with Gasteiger partial charge in [-0.2, -0.15) is 0 Å². The van der Waals surface area contributed by atoms with Crippen molar-refractivity contribution in [2.24, 2.45) is 11.5 Å². The van der Waals surface area contributed by atoms with E-state index in [9.17, 15) is 0 Å². The van der Waals surface area contributed by atoms with Gasteiger partial charge in [-0.1, -0.05) is 49.9 Å². The summed E-state index contributed by atoms with van der Waals surface area (Å²) in [6, 6.07) is 13.6. The van der Waals surface area contributed by atoms with Gasteiger partial charge in [0.15, 0.2) is 0 Å². The van der Waals surface area contributed by atoms with E-state index in [0.717, 1.165) is 25.7 Å². The Hall–Kier alpha value is -1.29. The van der Waals surface area contributed by atoms with Gasteiger partial charge in [-0.05, 0) is 73.2 Å². The fourth-order valence-electron chi connectivity index (χ4n) is 2.72. The van der Waals surface area contributed by atoms with Crippen LogP contribution >= 0.6 is 11.8 Å². The molecule has 2 nitrogen and oxygen atoms in total. The first kappa shape index (κ1) is 18.1. The highest BCUT2D eigenvalue weighted by atomic mass is 32.2. The predicted molar refractivity (Wildman–Crippen MR) is 101 cm³/mol. The maximum atomic E-state index is 5.80. The van der Waals surface area contributed by atoms with Gasteiger partial charge in [-0.15, -0.1) is 0 Å². The van der Waals surface area contributed by atoms with E-state index in [0.29, 0.717) is 13.1 Å². The zero-order valence-corrected chi connectivity index (χ0v) is 15.1. The number of hydrogen-bond donors (Lipinski definition) is 2. The number of hydrogen-bond acceptors (Lipinski definition) is 3. The van der Waals surface area contributed by atoms with E-state index in [1.165, 1.54) is 32.0 Å². The number of benzene rings is 2. The van der Waals surface area contributed by atoms with Crippen molar-refractivity contribution in [2.75, 3.05) is 13.1 Å². The van der Waals surface area contributed by atoms with Crippen LogP contribution in [0.1, 0.15) is 36.1 Å². The molecule has 2 aromatic rings. The SMILES string of the molecule is CCc1ccc(Sc2ccc(CC)cc2CCN)c(CCN)c1. The third-order valence-corrected chi connectivity index (χ3v) is 5.35. The van der Waals surface area contributed by atoms with E-state index in [2.05, 4.69) is 50.2 Å². The van der Waals surface area contributed by atoms with Gasteiger partial charge in [0.05, 0.1) is 0 Å². The van der Waals surface area contributed by atoms with Crippen LogP contribution < -0.4 is 11.5 Å². The summed E-state index contributed by atoms with van der Waals surface area (Å²) < 4.78 is 0. The molecular formula is C20H28N2S. The molecule has 0 fully saturated rings. The van der Waals surface area contributed by atoms with Crippen LogP contribution in [-0.4, -0.2) is 13.1 Å². The second-order valence-electron chi connectivity index (χ2n) is 5.77. The molecule has 0 atom stereocenters. The second kappa shape index (κ2) is 9.11. The van der Waals surface area contributed by atoms with Gasteiger partial charge in [0.25, 0.3) is 0 Å². The summed E-state index contributed by atoms with van der Waals surface area (Å²) in [6.45, 7) is 5.75. The minimum atomic E-state index is 0.686. The summed E-state index contributed by atoms with van der Waals surface area (Å²) in [7, 11) is 0. The van der Waals surface area contributed by atoms with Gasteiger partial charge in [-0.3, -0.25) is 0 Å². The summed E-state index contributed by atoms with van der Waals surface area (Å²) in [5.41, 5.74) is 17.1. The van der Waals surface area contributed by atoms with Gasteiger partial charge in [0, 0.05) is 9.79 Å². The molecule has 2 aromatic carbocycles. The van der Waals surface area contributed by atoms with E-state index in [-0.39, 0.29) is 0 Å². The van der Waals surface area contributed by atoms with E-state index in [4.69, 9.17) is 11.5 Å². The van der Waals surface area contributed by atoms with Gasteiger partial charge < -0.3 is 11.5 Å². The van der Waals surface area contributed by atoms with Crippen molar-refractivity contribution in [1.82, 2.24) is 0 Å². The molecule has 0 saturated heterocycles. The van der Waals surface area contributed by atoms with Crippen molar-refractivity contribution in [3.63, 3.8) is 0 Å². The van der Waals surface area contributed by atoms with Crippen LogP contribution in [0.3, 0.4) is 0 Å². The minimum Gasteiger partial charge on any atom is -0.330 e. The first-order valence-corrected chi connectivity index (χ1v) is 9.35. The Morgan fingerprint density at radius 3 is 1.52 bits per heavy atom. The average Bonchev–Trinajstić information content (AvgIpc) is 2.58. The fraction of sp³-hybridized carbons (Fsp3) is 0.400. The Kier molecular flexibility index (Phi) is 7.15. The molecule has 2 rings (SSSR count). The first-order chi connectivity index (χ1) is 11.2. The van der Waals surface area contributed by atoms with Crippen molar-refractivity contribution in [1.29, 1.82) is 0 Å². The Morgan fingerprint density at radius 1 is 0.739 bits per heavy atom. The molecule has 0 aliphatic heterocycles. The highest BCUT2D eigenvalue weighted by Gasteiger charge is 2.09. The molecule has 0 aliphatic carbocycles. The number of rotatable bonds is 8. The lowest BCUT2D eigenvalue weighted by atomic mass is 10.1. The summed E-state index contributed by atoms with van der Waals surface area (Å²) in [4.78, 5) is 2.63. The Labute approximate surface area is 144 Å². The van der Waals surface area contributed by atoms with Crippen molar-refractivity contribution < 1.29 is 0 Å². The van der Waals surface area contributed by atoms with Crippen LogP contribution in [0.2, 0.25) is 0 Å². The molecule has 23 heavy (non-hydrogen) atoms. The molecule has 4 N–H and O–H groups in total. The molecule has 0 aromatic heterocycles. The maximum absolute atomic E-state index is 5.80. The molecule has 124 valence electrons. The Morgan fingerprint density at radius 2 is 1.17 bits per heavy atom. The monoisotopic (exact) mass is 328 g/mol. The molecule has 0 amide bonds. The van der Waals surface area contributed by atoms with E-state index in [1.54, 1.807) is 0 Å². The second-order valence-corrected chi connectivity index (χ2v) is 6.85.